The molecule has 0 amide bonds. The molecule has 1 nitrogen and oxygen atoms in total. The fraction of sp³-hybridized carbons (Fsp3) is 1.00. The van der Waals surface area contributed by atoms with Gasteiger partial charge in [-0.25, -0.2) is 0 Å². The lowest BCUT2D eigenvalue weighted by atomic mass is 10.8. The molecule has 0 heterocycles. The summed E-state index contributed by atoms with van der Waals surface area (Å²) in [6.45, 7) is 2.79. The number of hydrogen-bond acceptors (Lipinski definition) is 1. The van der Waals surface area contributed by atoms with Crippen molar-refractivity contribution in [2.75, 3.05) is 6.61 Å². The van der Waals surface area contributed by atoms with E-state index in [2.05, 4.69) is 0 Å². The average Bonchev–Trinajstić information content (AvgIpc) is 2.22. The Morgan fingerprint density at radius 1 is 1.86 bits per heavy atom. The third kappa shape index (κ3) is 1.32. The molecule has 0 saturated heterocycles. The van der Waals surface area contributed by atoms with Crippen LogP contribution in [-0.2, 0) is 4.74 Å². The highest BCUT2D eigenvalue weighted by atomic mass is 35.5. The first-order valence-electron chi connectivity index (χ1n) is 2.60. The Morgan fingerprint density at radius 2 is 2.43 bits per heavy atom. The first-order chi connectivity index (χ1) is 3.34. The summed E-state index contributed by atoms with van der Waals surface area (Å²) in [4.78, 5) is 0. The van der Waals surface area contributed by atoms with Crippen molar-refractivity contribution in [2.24, 2.45) is 0 Å². The molecule has 2 heteroatoms. The molecule has 1 saturated carbocycles. The predicted molar refractivity (Wildman–Crippen MR) is 29.7 cm³/mol. The molecule has 0 aromatic heterocycles. The van der Waals surface area contributed by atoms with E-state index in [9.17, 15) is 0 Å². The van der Waals surface area contributed by atoms with Gasteiger partial charge in [0, 0.05) is 6.61 Å². The summed E-state index contributed by atoms with van der Waals surface area (Å²) >= 11 is 5.61. The van der Waals surface area contributed by atoms with Crippen molar-refractivity contribution < 1.29 is 4.74 Å². The number of hydrogen-bond donors (Lipinski definition) is 0. The van der Waals surface area contributed by atoms with Gasteiger partial charge in [0.15, 0.2) is 0 Å². The second-order valence-corrected chi connectivity index (χ2v) is 2.31. The van der Waals surface area contributed by atoms with Gasteiger partial charge in [-0.3, -0.25) is 0 Å². The molecular weight excluding hydrogens is 112 g/mol. The Labute approximate surface area is 48.6 Å². The summed E-state index contributed by atoms with van der Waals surface area (Å²) in [6, 6.07) is 0. The Hall–Kier alpha value is 0.250. The van der Waals surface area contributed by atoms with Gasteiger partial charge >= 0.3 is 0 Å². The van der Waals surface area contributed by atoms with Gasteiger partial charge in [-0.15, -0.1) is 11.6 Å². The third-order valence-electron chi connectivity index (χ3n) is 1.04. The lowest BCUT2D eigenvalue weighted by molar-refractivity contribution is 0.133. The van der Waals surface area contributed by atoms with Crippen molar-refractivity contribution in [1.82, 2.24) is 0 Å². The van der Waals surface area contributed by atoms with Crippen LogP contribution >= 0.6 is 11.6 Å². The standard InChI is InChI=1S/C5H9ClO/c1-2-7-5-3-4(5)6/h4-5H,2-3H2,1H3/t4-,5-/m1/s1. The van der Waals surface area contributed by atoms with Crippen molar-refractivity contribution in [3.05, 3.63) is 0 Å². The zero-order valence-corrected chi connectivity index (χ0v) is 5.11. The second-order valence-electron chi connectivity index (χ2n) is 1.75. The molecule has 1 aliphatic rings. The van der Waals surface area contributed by atoms with Gasteiger partial charge in [0.1, 0.15) is 0 Å². The quantitative estimate of drug-likeness (QED) is 0.501. The van der Waals surface area contributed by atoms with Crippen LogP contribution in [0.25, 0.3) is 0 Å². The van der Waals surface area contributed by atoms with Crippen LogP contribution in [0.1, 0.15) is 13.3 Å². The predicted octanol–water partition coefficient (Wildman–Crippen LogP) is 1.40. The molecule has 0 bridgehead atoms. The monoisotopic (exact) mass is 120 g/mol. The first-order valence-corrected chi connectivity index (χ1v) is 3.04. The number of ether oxygens (including phenoxy) is 1. The van der Waals surface area contributed by atoms with Gasteiger partial charge in [-0.2, -0.15) is 0 Å². The first kappa shape index (κ1) is 5.39. The highest BCUT2D eigenvalue weighted by molar-refractivity contribution is 6.23. The van der Waals surface area contributed by atoms with Gasteiger partial charge < -0.3 is 4.74 Å². The van der Waals surface area contributed by atoms with E-state index >= 15 is 0 Å². The van der Waals surface area contributed by atoms with Crippen LogP contribution in [0.2, 0.25) is 0 Å². The number of alkyl halides is 1. The maximum atomic E-state index is 5.61. The van der Waals surface area contributed by atoms with Crippen molar-refractivity contribution >= 4 is 11.6 Å². The van der Waals surface area contributed by atoms with E-state index in [1.165, 1.54) is 0 Å². The van der Waals surface area contributed by atoms with Crippen LogP contribution in [0.15, 0.2) is 0 Å². The van der Waals surface area contributed by atoms with E-state index in [1.807, 2.05) is 6.92 Å². The van der Waals surface area contributed by atoms with Gasteiger partial charge in [-0.1, -0.05) is 0 Å². The minimum atomic E-state index is 0.319. The van der Waals surface area contributed by atoms with Gasteiger partial charge in [0.25, 0.3) is 0 Å². The van der Waals surface area contributed by atoms with Gasteiger partial charge in [0.05, 0.1) is 11.5 Å². The summed E-state index contributed by atoms with van der Waals surface area (Å²) in [5.74, 6) is 0. The molecule has 0 aromatic carbocycles. The highest BCUT2D eigenvalue weighted by Crippen LogP contribution is 2.30. The van der Waals surface area contributed by atoms with Crippen molar-refractivity contribution in [2.45, 2.75) is 24.8 Å². The van der Waals surface area contributed by atoms with E-state index in [4.69, 9.17) is 16.3 Å². The van der Waals surface area contributed by atoms with Crippen LogP contribution in [0.3, 0.4) is 0 Å². The molecule has 0 radical (unpaired) electrons. The fourth-order valence-electron chi connectivity index (χ4n) is 0.530. The van der Waals surface area contributed by atoms with Crippen molar-refractivity contribution in [1.29, 1.82) is 0 Å². The Bertz CT molecular complexity index is 65.1. The molecule has 1 fully saturated rings. The SMILES string of the molecule is CCO[C@@H]1C[C@H]1Cl. The second kappa shape index (κ2) is 2.01. The summed E-state index contributed by atoms with van der Waals surface area (Å²) in [5.41, 5.74) is 0. The summed E-state index contributed by atoms with van der Waals surface area (Å²) < 4.78 is 5.13. The molecule has 42 valence electrons. The number of rotatable bonds is 2. The number of halogens is 1. The molecule has 0 aliphatic heterocycles. The van der Waals surface area contributed by atoms with Crippen LogP contribution < -0.4 is 0 Å². The summed E-state index contributed by atoms with van der Waals surface area (Å²) in [6.07, 6.45) is 1.43. The molecule has 0 N–H and O–H groups in total. The minimum Gasteiger partial charge on any atom is -0.377 e. The molecule has 2 atom stereocenters. The van der Waals surface area contributed by atoms with Crippen LogP contribution in [0.4, 0.5) is 0 Å². The van der Waals surface area contributed by atoms with Crippen LogP contribution in [-0.4, -0.2) is 18.1 Å². The minimum absolute atomic E-state index is 0.319. The summed E-state index contributed by atoms with van der Waals surface area (Å²) in [7, 11) is 0. The van der Waals surface area contributed by atoms with Gasteiger partial charge in [0.2, 0.25) is 0 Å². The van der Waals surface area contributed by atoms with E-state index in [0.717, 1.165) is 13.0 Å². The Morgan fingerprint density at radius 3 is 2.57 bits per heavy atom. The molecular formula is C5H9ClO. The largest absolute Gasteiger partial charge is 0.377 e. The third-order valence-corrected chi connectivity index (χ3v) is 1.50. The maximum Gasteiger partial charge on any atom is 0.0754 e. The highest BCUT2D eigenvalue weighted by Gasteiger charge is 2.35. The molecule has 7 heavy (non-hydrogen) atoms. The fourth-order valence-corrected chi connectivity index (χ4v) is 0.778. The van der Waals surface area contributed by atoms with Crippen molar-refractivity contribution in [3.63, 3.8) is 0 Å². The zero-order valence-electron chi connectivity index (χ0n) is 4.36. The van der Waals surface area contributed by atoms with Gasteiger partial charge in [-0.05, 0) is 13.3 Å². The van der Waals surface area contributed by atoms with Crippen LogP contribution in [0.5, 0.6) is 0 Å². The van der Waals surface area contributed by atoms with Crippen molar-refractivity contribution in [3.8, 4) is 0 Å². The Kier molecular flexibility index (Phi) is 1.55. The Balaban J connectivity index is 1.98. The lowest BCUT2D eigenvalue weighted by Gasteiger charge is -1.91. The summed E-state index contributed by atoms with van der Waals surface area (Å²) in [5, 5.41) is 0.319. The smallest absolute Gasteiger partial charge is 0.0754 e. The topological polar surface area (TPSA) is 9.23 Å². The molecule has 0 aromatic rings. The van der Waals surface area contributed by atoms with Crippen LogP contribution in [0, 0.1) is 0 Å². The maximum absolute atomic E-state index is 5.61. The average molecular weight is 121 g/mol. The van der Waals surface area contributed by atoms with E-state index in [0.29, 0.717) is 11.5 Å². The van der Waals surface area contributed by atoms with E-state index in [1.54, 1.807) is 0 Å². The molecule has 0 unspecified atom stereocenters. The molecule has 0 spiro atoms. The zero-order chi connectivity index (χ0) is 5.28. The van der Waals surface area contributed by atoms with E-state index in [-0.39, 0.29) is 0 Å². The lowest BCUT2D eigenvalue weighted by Crippen LogP contribution is -1.93. The molecule has 1 rings (SSSR count). The molecule has 1 aliphatic carbocycles. The van der Waals surface area contributed by atoms with E-state index < -0.39 is 0 Å². The normalized spacial score (nSPS) is 38.6.